The van der Waals surface area contributed by atoms with E-state index in [1.807, 2.05) is 31.5 Å². The first-order valence-corrected chi connectivity index (χ1v) is 10.0. The van der Waals surface area contributed by atoms with E-state index < -0.39 is 0 Å². The van der Waals surface area contributed by atoms with Crippen molar-refractivity contribution in [1.82, 2.24) is 19.4 Å². The van der Waals surface area contributed by atoms with Crippen molar-refractivity contribution < 1.29 is 9.84 Å². The summed E-state index contributed by atoms with van der Waals surface area (Å²) < 4.78 is 7.99. The van der Waals surface area contributed by atoms with Crippen LogP contribution in [-0.2, 0) is 19.6 Å². The second-order valence-corrected chi connectivity index (χ2v) is 7.04. The molecule has 27 heavy (non-hydrogen) atoms. The SMILES string of the molecule is CCOc1ccccc1CN1CCN(Cc2nccn2CC)C[C@@H]1CCO. The van der Waals surface area contributed by atoms with Crippen molar-refractivity contribution in [3.63, 3.8) is 0 Å². The van der Waals surface area contributed by atoms with Gasteiger partial charge in [-0.25, -0.2) is 4.98 Å². The number of rotatable bonds is 9. The highest BCUT2D eigenvalue weighted by Crippen LogP contribution is 2.23. The lowest BCUT2D eigenvalue weighted by Crippen LogP contribution is -2.52. The molecule has 2 heterocycles. The molecule has 148 valence electrons. The van der Waals surface area contributed by atoms with Crippen molar-refractivity contribution in [2.75, 3.05) is 32.8 Å². The highest BCUT2D eigenvalue weighted by molar-refractivity contribution is 5.33. The lowest BCUT2D eigenvalue weighted by atomic mass is 10.1. The van der Waals surface area contributed by atoms with Crippen molar-refractivity contribution in [1.29, 1.82) is 0 Å². The molecule has 6 nitrogen and oxygen atoms in total. The molecule has 0 amide bonds. The summed E-state index contributed by atoms with van der Waals surface area (Å²) in [6.07, 6.45) is 4.71. The second kappa shape index (κ2) is 9.88. The molecule has 6 heteroatoms. The Morgan fingerprint density at radius 1 is 1.19 bits per heavy atom. The summed E-state index contributed by atoms with van der Waals surface area (Å²) in [4.78, 5) is 9.45. The molecular weight excluding hydrogens is 340 g/mol. The van der Waals surface area contributed by atoms with E-state index in [2.05, 4.69) is 38.4 Å². The minimum absolute atomic E-state index is 0.214. The average molecular weight is 373 g/mol. The number of para-hydroxylation sites is 1. The van der Waals surface area contributed by atoms with Crippen molar-refractivity contribution in [2.45, 2.75) is 45.9 Å². The quantitative estimate of drug-likeness (QED) is 0.732. The molecule has 0 aliphatic carbocycles. The van der Waals surface area contributed by atoms with E-state index >= 15 is 0 Å². The largest absolute Gasteiger partial charge is 0.494 e. The molecule has 0 saturated carbocycles. The van der Waals surface area contributed by atoms with E-state index in [4.69, 9.17) is 4.74 Å². The van der Waals surface area contributed by atoms with Crippen LogP contribution in [0.5, 0.6) is 5.75 Å². The van der Waals surface area contributed by atoms with E-state index in [0.29, 0.717) is 12.6 Å². The zero-order chi connectivity index (χ0) is 19.1. The minimum atomic E-state index is 0.214. The van der Waals surface area contributed by atoms with Crippen molar-refractivity contribution in [3.05, 3.63) is 48.0 Å². The van der Waals surface area contributed by atoms with Gasteiger partial charge in [-0.1, -0.05) is 18.2 Å². The van der Waals surface area contributed by atoms with E-state index in [9.17, 15) is 5.11 Å². The predicted octanol–water partition coefficient (Wildman–Crippen LogP) is 2.37. The van der Waals surface area contributed by atoms with Gasteiger partial charge in [0, 0.05) is 63.3 Å². The Morgan fingerprint density at radius 2 is 2.04 bits per heavy atom. The fourth-order valence-electron chi connectivity index (χ4n) is 3.86. The molecule has 1 aliphatic rings. The fourth-order valence-corrected chi connectivity index (χ4v) is 3.86. The molecule has 1 fully saturated rings. The summed E-state index contributed by atoms with van der Waals surface area (Å²) in [6.45, 7) is 10.7. The first-order chi connectivity index (χ1) is 13.2. The summed E-state index contributed by atoms with van der Waals surface area (Å²) in [6, 6.07) is 8.61. The van der Waals surface area contributed by atoms with E-state index in [0.717, 1.165) is 57.3 Å². The summed E-state index contributed by atoms with van der Waals surface area (Å²) in [5, 5.41) is 9.58. The summed E-state index contributed by atoms with van der Waals surface area (Å²) in [7, 11) is 0. The van der Waals surface area contributed by atoms with Gasteiger partial charge in [0.05, 0.1) is 13.2 Å². The molecule has 0 bridgehead atoms. The molecule has 1 atom stereocenters. The highest BCUT2D eigenvalue weighted by Gasteiger charge is 2.27. The van der Waals surface area contributed by atoms with Crippen molar-refractivity contribution in [2.24, 2.45) is 0 Å². The standard InChI is InChI=1S/C21H32N4O2/c1-3-24-11-10-22-21(24)17-23-12-13-25(19(16-23)9-14-26)15-18-7-5-6-8-20(18)27-4-2/h5-8,10-11,19,26H,3-4,9,12-17H2,1-2H3/t19-/m0/s1. The number of hydrogen-bond donors (Lipinski definition) is 1. The predicted molar refractivity (Wildman–Crippen MR) is 107 cm³/mol. The Kier molecular flexibility index (Phi) is 7.26. The van der Waals surface area contributed by atoms with Gasteiger partial charge in [0.25, 0.3) is 0 Å². The number of aromatic nitrogens is 2. The number of aryl methyl sites for hydroxylation is 1. The van der Waals surface area contributed by atoms with Crippen LogP contribution in [0.2, 0.25) is 0 Å². The number of aliphatic hydroxyl groups is 1. The molecule has 1 N–H and O–H groups in total. The zero-order valence-electron chi connectivity index (χ0n) is 16.5. The van der Waals surface area contributed by atoms with E-state index in [1.54, 1.807) is 0 Å². The summed E-state index contributed by atoms with van der Waals surface area (Å²) >= 11 is 0. The summed E-state index contributed by atoms with van der Waals surface area (Å²) in [5.74, 6) is 2.09. The van der Waals surface area contributed by atoms with Crippen LogP contribution in [0.25, 0.3) is 0 Å². The van der Waals surface area contributed by atoms with Crippen LogP contribution in [0.1, 0.15) is 31.7 Å². The Balaban J connectivity index is 1.66. The van der Waals surface area contributed by atoms with E-state index in [1.165, 1.54) is 5.56 Å². The van der Waals surface area contributed by atoms with Crippen LogP contribution >= 0.6 is 0 Å². The number of hydrogen-bond acceptors (Lipinski definition) is 5. The van der Waals surface area contributed by atoms with Gasteiger partial charge in [0.1, 0.15) is 11.6 Å². The number of aliphatic hydroxyl groups excluding tert-OH is 1. The number of imidazole rings is 1. The van der Waals surface area contributed by atoms with Gasteiger partial charge in [-0.15, -0.1) is 0 Å². The van der Waals surface area contributed by atoms with E-state index in [-0.39, 0.29) is 6.61 Å². The average Bonchev–Trinajstić information content (AvgIpc) is 3.13. The number of nitrogens with zero attached hydrogens (tertiary/aromatic N) is 4. The highest BCUT2D eigenvalue weighted by atomic mass is 16.5. The smallest absolute Gasteiger partial charge is 0.123 e. The maximum absolute atomic E-state index is 9.58. The Labute approximate surface area is 162 Å². The van der Waals surface area contributed by atoms with Crippen LogP contribution < -0.4 is 4.74 Å². The maximum Gasteiger partial charge on any atom is 0.123 e. The molecule has 0 spiro atoms. The van der Waals surface area contributed by atoms with Crippen LogP contribution in [0.15, 0.2) is 36.7 Å². The maximum atomic E-state index is 9.58. The second-order valence-electron chi connectivity index (χ2n) is 7.04. The Bertz CT molecular complexity index is 703. The number of ether oxygens (including phenoxy) is 1. The Morgan fingerprint density at radius 3 is 2.81 bits per heavy atom. The first-order valence-electron chi connectivity index (χ1n) is 10.0. The normalized spacial score (nSPS) is 18.7. The third kappa shape index (κ3) is 5.09. The van der Waals surface area contributed by atoms with Gasteiger partial charge in [0.2, 0.25) is 0 Å². The third-order valence-corrected chi connectivity index (χ3v) is 5.30. The molecule has 0 radical (unpaired) electrons. The van der Waals surface area contributed by atoms with Gasteiger partial charge in [-0.3, -0.25) is 9.80 Å². The van der Waals surface area contributed by atoms with Crippen molar-refractivity contribution in [3.8, 4) is 5.75 Å². The molecule has 1 aliphatic heterocycles. The molecule has 1 saturated heterocycles. The van der Waals surface area contributed by atoms with Gasteiger partial charge in [-0.05, 0) is 26.3 Å². The van der Waals surface area contributed by atoms with Crippen LogP contribution in [0, 0.1) is 0 Å². The number of piperazine rings is 1. The van der Waals surface area contributed by atoms with Gasteiger partial charge >= 0.3 is 0 Å². The molecular formula is C21H32N4O2. The first kappa shape index (κ1) is 19.9. The molecule has 1 aromatic carbocycles. The minimum Gasteiger partial charge on any atom is -0.494 e. The monoisotopic (exact) mass is 372 g/mol. The lowest BCUT2D eigenvalue weighted by Gasteiger charge is -2.41. The zero-order valence-corrected chi connectivity index (χ0v) is 16.5. The molecule has 3 rings (SSSR count). The van der Waals surface area contributed by atoms with Crippen LogP contribution in [-0.4, -0.2) is 63.3 Å². The lowest BCUT2D eigenvalue weighted by molar-refractivity contribution is 0.0477. The topological polar surface area (TPSA) is 53.8 Å². The molecule has 2 aromatic rings. The number of benzene rings is 1. The van der Waals surface area contributed by atoms with Gasteiger partial charge in [0.15, 0.2) is 0 Å². The van der Waals surface area contributed by atoms with Crippen molar-refractivity contribution >= 4 is 0 Å². The third-order valence-electron chi connectivity index (χ3n) is 5.30. The van der Waals surface area contributed by atoms with Gasteiger partial charge in [-0.2, -0.15) is 0 Å². The van der Waals surface area contributed by atoms with Crippen LogP contribution in [0.3, 0.4) is 0 Å². The Hall–Kier alpha value is -1.89. The van der Waals surface area contributed by atoms with Gasteiger partial charge < -0.3 is 14.4 Å². The molecule has 1 aromatic heterocycles. The summed E-state index contributed by atoms with van der Waals surface area (Å²) in [5.41, 5.74) is 1.22. The fraction of sp³-hybridized carbons (Fsp3) is 0.571. The molecule has 0 unspecified atom stereocenters. The van der Waals surface area contributed by atoms with Crippen LogP contribution in [0.4, 0.5) is 0 Å².